The number of benzene rings is 1. The van der Waals surface area contributed by atoms with Gasteiger partial charge in [-0.3, -0.25) is 4.79 Å². The summed E-state index contributed by atoms with van der Waals surface area (Å²) in [5, 5.41) is 6.12. The maximum Gasteiger partial charge on any atom is 0.251 e. The summed E-state index contributed by atoms with van der Waals surface area (Å²) in [6.07, 6.45) is 0. The number of carbonyl (C=O) groups excluding carboxylic acids is 1. The number of nitrogens with one attached hydrogen (secondary N) is 2. The first-order chi connectivity index (χ1) is 13.0. The van der Waals surface area contributed by atoms with E-state index in [9.17, 15) is 4.79 Å². The summed E-state index contributed by atoms with van der Waals surface area (Å²) in [6, 6.07) is 7.72. The van der Waals surface area contributed by atoms with Crippen LogP contribution in [-0.2, 0) is 4.74 Å². The van der Waals surface area contributed by atoms with Crippen LogP contribution in [0.2, 0.25) is 0 Å². The molecule has 1 fully saturated rings. The highest BCUT2D eigenvalue weighted by molar-refractivity contribution is 5.94. The second kappa shape index (κ2) is 8.81. The molecule has 0 radical (unpaired) electrons. The molecule has 0 unspecified atom stereocenters. The first kappa shape index (κ1) is 19.1. The van der Waals surface area contributed by atoms with Crippen LogP contribution in [-0.4, -0.2) is 55.3 Å². The van der Waals surface area contributed by atoms with Gasteiger partial charge in [0, 0.05) is 43.5 Å². The minimum atomic E-state index is -0.0703. The Morgan fingerprint density at radius 2 is 1.85 bits per heavy atom. The van der Waals surface area contributed by atoms with Crippen molar-refractivity contribution >= 4 is 17.7 Å². The number of aromatic nitrogens is 2. The zero-order valence-corrected chi connectivity index (χ0v) is 16.2. The first-order valence-corrected chi connectivity index (χ1v) is 9.30. The van der Waals surface area contributed by atoms with Crippen molar-refractivity contribution in [2.75, 3.05) is 49.6 Å². The van der Waals surface area contributed by atoms with Crippen molar-refractivity contribution < 1.29 is 9.53 Å². The van der Waals surface area contributed by atoms with E-state index in [4.69, 9.17) is 4.74 Å². The molecule has 144 valence electrons. The summed E-state index contributed by atoms with van der Waals surface area (Å²) in [7, 11) is 0. The van der Waals surface area contributed by atoms with Crippen LogP contribution >= 0.6 is 0 Å². The third-order valence-corrected chi connectivity index (χ3v) is 4.64. The van der Waals surface area contributed by atoms with E-state index < -0.39 is 0 Å². The Kier molecular flexibility index (Phi) is 6.24. The number of rotatable bonds is 6. The van der Waals surface area contributed by atoms with E-state index in [1.807, 2.05) is 45.0 Å². The third-order valence-electron chi connectivity index (χ3n) is 4.64. The second-order valence-electron chi connectivity index (χ2n) is 6.77. The van der Waals surface area contributed by atoms with Gasteiger partial charge in [0.1, 0.15) is 5.82 Å². The van der Waals surface area contributed by atoms with Crippen LogP contribution in [0.25, 0.3) is 0 Å². The normalized spacial score (nSPS) is 14.1. The molecule has 1 saturated heterocycles. The average molecular weight is 369 g/mol. The fourth-order valence-electron chi connectivity index (χ4n) is 2.92. The van der Waals surface area contributed by atoms with E-state index in [0.717, 1.165) is 43.4 Å². The van der Waals surface area contributed by atoms with Crippen molar-refractivity contribution in [2.45, 2.75) is 20.8 Å². The van der Waals surface area contributed by atoms with E-state index in [-0.39, 0.29) is 5.91 Å². The van der Waals surface area contributed by atoms with Crippen molar-refractivity contribution in [1.29, 1.82) is 0 Å². The fraction of sp³-hybridized carbons (Fsp3) is 0.450. The van der Waals surface area contributed by atoms with Crippen molar-refractivity contribution in [1.82, 2.24) is 15.3 Å². The van der Waals surface area contributed by atoms with E-state index in [0.29, 0.717) is 24.6 Å². The molecule has 0 atom stereocenters. The van der Waals surface area contributed by atoms with Gasteiger partial charge in [-0.25, -0.2) is 4.98 Å². The van der Waals surface area contributed by atoms with Crippen LogP contribution < -0.4 is 15.5 Å². The largest absolute Gasteiger partial charge is 0.378 e. The fourth-order valence-corrected chi connectivity index (χ4v) is 2.92. The number of hydrogen-bond acceptors (Lipinski definition) is 6. The van der Waals surface area contributed by atoms with E-state index >= 15 is 0 Å². The van der Waals surface area contributed by atoms with Gasteiger partial charge in [-0.05, 0) is 44.0 Å². The number of carbonyl (C=O) groups is 1. The molecule has 3 rings (SSSR count). The maximum atomic E-state index is 12.2. The smallest absolute Gasteiger partial charge is 0.251 e. The van der Waals surface area contributed by atoms with Crippen LogP contribution in [0, 0.1) is 20.8 Å². The Morgan fingerprint density at radius 1 is 1.07 bits per heavy atom. The van der Waals surface area contributed by atoms with E-state index in [2.05, 4.69) is 25.5 Å². The summed E-state index contributed by atoms with van der Waals surface area (Å²) in [5.74, 6) is 1.42. The lowest BCUT2D eigenvalue weighted by molar-refractivity contribution is 0.0955. The predicted octanol–water partition coefficient (Wildman–Crippen LogP) is 2.08. The molecule has 27 heavy (non-hydrogen) atoms. The maximum absolute atomic E-state index is 12.2. The molecule has 2 heterocycles. The molecule has 1 aromatic carbocycles. The highest BCUT2D eigenvalue weighted by Gasteiger charge is 2.14. The van der Waals surface area contributed by atoms with Gasteiger partial charge in [0.15, 0.2) is 0 Å². The number of morpholine rings is 1. The summed E-state index contributed by atoms with van der Waals surface area (Å²) >= 11 is 0. The number of aryl methyl sites for hydroxylation is 3. The molecule has 7 nitrogen and oxygen atoms in total. The molecule has 0 saturated carbocycles. The Balaban J connectivity index is 1.51. The molecule has 1 aliphatic rings. The average Bonchev–Trinajstić information content (AvgIpc) is 2.67. The van der Waals surface area contributed by atoms with Gasteiger partial charge in [0.25, 0.3) is 5.91 Å². The molecule has 0 aliphatic carbocycles. The van der Waals surface area contributed by atoms with Gasteiger partial charge in [0.2, 0.25) is 5.95 Å². The Bertz CT molecular complexity index is 803. The number of anilines is 2. The minimum absolute atomic E-state index is 0.0703. The molecular weight excluding hydrogens is 342 g/mol. The van der Waals surface area contributed by atoms with Gasteiger partial charge in [-0.1, -0.05) is 6.07 Å². The molecule has 7 heteroatoms. The lowest BCUT2D eigenvalue weighted by atomic mass is 10.1. The number of amides is 1. The highest BCUT2D eigenvalue weighted by atomic mass is 16.5. The molecule has 1 aliphatic heterocycles. The van der Waals surface area contributed by atoms with E-state index in [1.165, 1.54) is 5.56 Å². The van der Waals surface area contributed by atoms with Crippen LogP contribution in [0.4, 0.5) is 11.8 Å². The van der Waals surface area contributed by atoms with Gasteiger partial charge < -0.3 is 20.3 Å². The van der Waals surface area contributed by atoms with Crippen molar-refractivity contribution in [3.63, 3.8) is 0 Å². The highest BCUT2D eigenvalue weighted by Crippen LogP contribution is 2.16. The molecule has 1 amide bonds. The van der Waals surface area contributed by atoms with E-state index in [1.54, 1.807) is 0 Å². The zero-order valence-electron chi connectivity index (χ0n) is 16.2. The molecule has 2 N–H and O–H groups in total. The summed E-state index contributed by atoms with van der Waals surface area (Å²) in [4.78, 5) is 23.5. The van der Waals surface area contributed by atoms with Gasteiger partial charge in [0.05, 0.1) is 13.2 Å². The van der Waals surface area contributed by atoms with Crippen LogP contribution in [0.15, 0.2) is 24.3 Å². The van der Waals surface area contributed by atoms with Crippen molar-refractivity contribution in [3.05, 3.63) is 46.6 Å². The van der Waals surface area contributed by atoms with Crippen molar-refractivity contribution in [3.8, 4) is 0 Å². The van der Waals surface area contributed by atoms with Gasteiger partial charge >= 0.3 is 0 Å². The molecule has 2 aromatic rings. The number of ether oxygens (including phenoxy) is 1. The summed E-state index contributed by atoms with van der Waals surface area (Å²) in [5.41, 5.74) is 3.89. The first-order valence-electron chi connectivity index (χ1n) is 9.30. The molecule has 1 aromatic heterocycles. The SMILES string of the molecule is Cc1cc(N2CCOCC2)nc(NCCNC(=O)c2ccc(C)c(C)c2)n1. The van der Waals surface area contributed by atoms with Crippen LogP contribution in [0.5, 0.6) is 0 Å². The molecule has 0 bridgehead atoms. The standard InChI is InChI=1S/C20H27N5O2/c1-14-4-5-17(12-15(14)2)19(26)21-6-7-22-20-23-16(3)13-18(24-20)25-8-10-27-11-9-25/h4-5,12-13H,6-11H2,1-3H3,(H,21,26)(H,22,23,24). The summed E-state index contributed by atoms with van der Waals surface area (Å²) < 4.78 is 5.39. The van der Waals surface area contributed by atoms with Gasteiger partial charge in [-0.2, -0.15) is 4.98 Å². The Hall–Kier alpha value is -2.67. The summed E-state index contributed by atoms with van der Waals surface area (Å²) in [6.45, 7) is 10.2. The monoisotopic (exact) mass is 369 g/mol. The lowest BCUT2D eigenvalue weighted by Gasteiger charge is -2.28. The Morgan fingerprint density at radius 3 is 2.59 bits per heavy atom. The van der Waals surface area contributed by atoms with Crippen LogP contribution in [0.3, 0.4) is 0 Å². The van der Waals surface area contributed by atoms with Crippen molar-refractivity contribution in [2.24, 2.45) is 0 Å². The number of hydrogen-bond donors (Lipinski definition) is 2. The predicted molar refractivity (Wildman–Crippen MR) is 107 cm³/mol. The molecular formula is C20H27N5O2. The lowest BCUT2D eigenvalue weighted by Crippen LogP contribution is -2.37. The number of nitrogens with zero attached hydrogens (tertiary/aromatic N) is 3. The Labute approximate surface area is 160 Å². The molecule has 0 spiro atoms. The minimum Gasteiger partial charge on any atom is -0.378 e. The third kappa shape index (κ3) is 5.17. The quantitative estimate of drug-likeness (QED) is 0.759. The van der Waals surface area contributed by atoms with Crippen LogP contribution in [0.1, 0.15) is 27.2 Å². The van der Waals surface area contributed by atoms with Gasteiger partial charge in [-0.15, -0.1) is 0 Å². The zero-order chi connectivity index (χ0) is 19.2. The second-order valence-corrected chi connectivity index (χ2v) is 6.77. The topological polar surface area (TPSA) is 79.4 Å².